The molecule has 6 rings (SSSR count). The topological polar surface area (TPSA) is 66.6 Å². The standard InChI is InChI=1S/C19H26N2O.C19H24N2/c1-18(2,3)12-7-8-13-15(11-12)22-10-9-14-16(13)21-17(20-14)19(4,5)6;1-18(2,3)14-8-7-12-10-15-16(11-13(12)9-14)21-17(20-15)19(4,5)6/h7-8,11H,9-10H2,1-6H3,(H,20,21);7-11H,1-6H3,(H,20,21). The molecule has 0 atom stereocenters. The van der Waals surface area contributed by atoms with E-state index in [-0.39, 0.29) is 21.7 Å². The van der Waals surface area contributed by atoms with E-state index in [1.54, 1.807) is 0 Å². The predicted molar refractivity (Wildman–Crippen MR) is 182 cm³/mol. The van der Waals surface area contributed by atoms with E-state index in [0.29, 0.717) is 6.61 Å². The van der Waals surface area contributed by atoms with Crippen LogP contribution in [0.25, 0.3) is 33.1 Å². The number of imidazole rings is 2. The lowest BCUT2D eigenvalue weighted by Crippen LogP contribution is -2.14. The second-order valence-corrected chi connectivity index (χ2v) is 16.2. The van der Waals surface area contributed by atoms with Gasteiger partial charge in [0.15, 0.2) is 0 Å². The number of fused-ring (bicyclic) bond motifs is 5. The number of hydrogen-bond acceptors (Lipinski definition) is 3. The maximum atomic E-state index is 5.99. The van der Waals surface area contributed by atoms with Crippen molar-refractivity contribution in [2.24, 2.45) is 0 Å². The molecule has 1 aliphatic heterocycles. The molecule has 2 N–H and O–H groups in total. The summed E-state index contributed by atoms with van der Waals surface area (Å²) in [6.07, 6.45) is 0.873. The lowest BCUT2D eigenvalue weighted by Gasteiger charge is -2.20. The molecule has 3 heterocycles. The van der Waals surface area contributed by atoms with Gasteiger partial charge in [-0.3, -0.25) is 0 Å². The van der Waals surface area contributed by atoms with Gasteiger partial charge in [0.05, 0.1) is 23.3 Å². The summed E-state index contributed by atoms with van der Waals surface area (Å²) in [6.45, 7) is 27.2. The van der Waals surface area contributed by atoms with Gasteiger partial charge in [0.25, 0.3) is 0 Å². The Morgan fingerprint density at radius 1 is 0.605 bits per heavy atom. The van der Waals surface area contributed by atoms with E-state index < -0.39 is 0 Å². The molecular weight excluding hydrogens is 528 g/mol. The summed E-state index contributed by atoms with van der Waals surface area (Å²) >= 11 is 0. The van der Waals surface area contributed by atoms with E-state index in [0.717, 1.165) is 46.1 Å². The molecule has 0 saturated carbocycles. The van der Waals surface area contributed by atoms with E-state index in [1.807, 2.05) is 0 Å². The fourth-order valence-electron chi connectivity index (χ4n) is 5.31. The number of benzene rings is 3. The van der Waals surface area contributed by atoms with Gasteiger partial charge in [-0.2, -0.15) is 0 Å². The molecular formula is C38H50N4O. The SMILES string of the molecule is CC(C)(C)c1ccc2c(c1)OCCc1[nH]c(C(C)(C)C)nc1-2.CC(C)(C)c1ccc2cc3nc(C(C)(C)C)[nH]c3cc2c1. The molecule has 1 aliphatic rings. The zero-order chi connectivity index (χ0) is 31.5. The predicted octanol–water partition coefficient (Wildman–Crippen LogP) is 9.92. The highest BCUT2D eigenvalue weighted by molar-refractivity contribution is 5.95. The van der Waals surface area contributed by atoms with Crippen LogP contribution in [0.4, 0.5) is 0 Å². The summed E-state index contributed by atoms with van der Waals surface area (Å²) in [6, 6.07) is 17.7. The molecule has 0 amide bonds. The van der Waals surface area contributed by atoms with E-state index in [9.17, 15) is 0 Å². The molecule has 3 aromatic carbocycles. The highest BCUT2D eigenvalue weighted by atomic mass is 16.5. The number of H-pyrrole nitrogens is 2. The van der Waals surface area contributed by atoms with Crippen LogP contribution >= 0.6 is 0 Å². The minimum Gasteiger partial charge on any atom is -0.492 e. The highest BCUT2D eigenvalue weighted by Crippen LogP contribution is 2.38. The molecule has 0 aliphatic carbocycles. The van der Waals surface area contributed by atoms with Crippen LogP contribution in [0.1, 0.15) is 112 Å². The van der Waals surface area contributed by atoms with Crippen molar-refractivity contribution in [2.75, 3.05) is 6.61 Å². The molecule has 5 heteroatoms. The lowest BCUT2D eigenvalue weighted by molar-refractivity contribution is 0.324. The van der Waals surface area contributed by atoms with Gasteiger partial charge in [-0.1, -0.05) is 107 Å². The average Bonchev–Trinajstić information content (AvgIpc) is 3.47. The van der Waals surface area contributed by atoms with Gasteiger partial charge in [0.2, 0.25) is 0 Å². The van der Waals surface area contributed by atoms with Crippen molar-refractivity contribution >= 4 is 21.8 Å². The fraction of sp³-hybridized carbons (Fsp3) is 0.474. The van der Waals surface area contributed by atoms with E-state index >= 15 is 0 Å². The van der Waals surface area contributed by atoms with Crippen molar-refractivity contribution in [3.05, 3.63) is 77.0 Å². The largest absolute Gasteiger partial charge is 0.492 e. The maximum Gasteiger partial charge on any atom is 0.129 e. The summed E-state index contributed by atoms with van der Waals surface area (Å²) in [5.74, 6) is 3.05. The average molecular weight is 579 g/mol. The number of hydrogen-bond donors (Lipinski definition) is 2. The number of aromatic amines is 2. The molecule has 43 heavy (non-hydrogen) atoms. The van der Waals surface area contributed by atoms with Gasteiger partial charge in [0.1, 0.15) is 17.4 Å². The van der Waals surface area contributed by atoms with Crippen LogP contribution in [0, 0.1) is 0 Å². The van der Waals surface area contributed by atoms with E-state index in [2.05, 4.69) is 142 Å². The summed E-state index contributed by atoms with van der Waals surface area (Å²) in [7, 11) is 0. The minimum absolute atomic E-state index is 0.0264. The number of nitrogens with zero attached hydrogens (tertiary/aromatic N) is 2. The Bertz CT molecular complexity index is 1760. The zero-order valence-electron chi connectivity index (χ0n) is 28.3. The van der Waals surface area contributed by atoms with Gasteiger partial charge < -0.3 is 14.7 Å². The van der Waals surface area contributed by atoms with Crippen molar-refractivity contribution < 1.29 is 4.74 Å². The first-order valence-electron chi connectivity index (χ1n) is 15.6. The normalized spacial score (nSPS) is 14.0. The highest BCUT2D eigenvalue weighted by Gasteiger charge is 2.26. The van der Waals surface area contributed by atoms with Gasteiger partial charge in [-0.15, -0.1) is 0 Å². The van der Waals surface area contributed by atoms with Crippen LogP contribution in [-0.2, 0) is 28.1 Å². The van der Waals surface area contributed by atoms with E-state index in [1.165, 1.54) is 27.6 Å². The first kappa shape index (κ1) is 30.8. The van der Waals surface area contributed by atoms with Crippen LogP contribution in [0.3, 0.4) is 0 Å². The molecule has 0 radical (unpaired) electrons. The Labute approximate surface area is 257 Å². The quantitative estimate of drug-likeness (QED) is 0.192. The monoisotopic (exact) mass is 578 g/mol. The van der Waals surface area contributed by atoms with E-state index in [4.69, 9.17) is 14.7 Å². The molecule has 228 valence electrons. The zero-order valence-corrected chi connectivity index (χ0v) is 28.3. The molecule has 0 fully saturated rings. The molecule has 0 bridgehead atoms. The Morgan fingerprint density at radius 2 is 1.21 bits per heavy atom. The number of ether oxygens (including phenoxy) is 1. The summed E-state index contributed by atoms with van der Waals surface area (Å²) < 4.78 is 5.99. The smallest absolute Gasteiger partial charge is 0.129 e. The van der Waals surface area contributed by atoms with Crippen LogP contribution in [-0.4, -0.2) is 26.5 Å². The van der Waals surface area contributed by atoms with Gasteiger partial charge in [0, 0.05) is 28.5 Å². The summed E-state index contributed by atoms with van der Waals surface area (Å²) in [4.78, 5) is 16.6. The summed E-state index contributed by atoms with van der Waals surface area (Å²) in [5, 5.41) is 2.53. The number of nitrogens with one attached hydrogen (secondary N) is 2. The molecule has 5 nitrogen and oxygen atoms in total. The third-order valence-electron chi connectivity index (χ3n) is 8.22. The third-order valence-corrected chi connectivity index (χ3v) is 8.22. The number of aromatic nitrogens is 4. The molecule has 5 aromatic rings. The van der Waals surface area contributed by atoms with Crippen molar-refractivity contribution in [3.8, 4) is 17.0 Å². The Balaban J connectivity index is 0.000000171. The first-order valence-corrected chi connectivity index (χ1v) is 15.6. The third kappa shape index (κ3) is 6.51. The number of rotatable bonds is 0. The Hall–Kier alpha value is -3.60. The molecule has 0 saturated heterocycles. The van der Waals surface area contributed by atoms with Crippen molar-refractivity contribution in [3.63, 3.8) is 0 Å². The summed E-state index contributed by atoms with van der Waals surface area (Å²) in [5.41, 5.74) is 8.54. The first-order chi connectivity index (χ1) is 19.8. The Morgan fingerprint density at radius 3 is 1.84 bits per heavy atom. The van der Waals surface area contributed by atoms with Crippen molar-refractivity contribution in [2.45, 2.75) is 111 Å². The second kappa shape index (κ2) is 10.5. The van der Waals surface area contributed by atoms with Gasteiger partial charge in [-0.05, 0) is 57.0 Å². The van der Waals surface area contributed by atoms with Crippen molar-refractivity contribution in [1.29, 1.82) is 0 Å². The van der Waals surface area contributed by atoms with Crippen molar-refractivity contribution in [1.82, 2.24) is 19.9 Å². The van der Waals surface area contributed by atoms with Crippen LogP contribution in [0.15, 0.2) is 48.5 Å². The maximum absolute atomic E-state index is 5.99. The molecule has 0 spiro atoms. The lowest BCUT2D eigenvalue weighted by atomic mass is 9.86. The second-order valence-electron chi connectivity index (χ2n) is 16.2. The minimum atomic E-state index is 0.0264. The van der Waals surface area contributed by atoms with Crippen LogP contribution in [0.2, 0.25) is 0 Å². The molecule has 0 unspecified atom stereocenters. The van der Waals surface area contributed by atoms with Gasteiger partial charge in [-0.25, -0.2) is 9.97 Å². The Kier molecular flexibility index (Phi) is 7.56. The van der Waals surface area contributed by atoms with Crippen LogP contribution < -0.4 is 4.74 Å². The fourth-order valence-corrected chi connectivity index (χ4v) is 5.31. The van der Waals surface area contributed by atoms with Crippen LogP contribution in [0.5, 0.6) is 5.75 Å². The van der Waals surface area contributed by atoms with Gasteiger partial charge >= 0.3 is 0 Å². The molecule has 2 aromatic heterocycles.